The van der Waals surface area contributed by atoms with Crippen molar-refractivity contribution in [1.82, 2.24) is 10.3 Å². The zero-order valence-electron chi connectivity index (χ0n) is 11.3. The highest BCUT2D eigenvalue weighted by atomic mass is 35.5. The Morgan fingerprint density at radius 1 is 1.40 bits per heavy atom. The number of aromatic amines is 1. The molecule has 1 aromatic carbocycles. The molecule has 0 saturated carbocycles. The smallest absolute Gasteiger partial charge is 0.245 e. The Morgan fingerprint density at radius 3 is 2.85 bits per heavy atom. The summed E-state index contributed by atoms with van der Waals surface area (Å²) in [5.41, 5.74) is 3.04. The van der Waals surface area contributed by atoms with Crippen molar-refractivity contribution < 1.29 is 9.53 Å². The van der Waals surface area contributed by atoms with E-state index in [2.05, 4.69) is 10.3 Å². The number of nitrogens with one attached hydrogen (secondary N) is 2. The lowest BCUT2D eigenvalue weighted by Crippen LogP contribution is -2.29. The lowest BCUT2D eigenvalue weighted by Gasteiger charge is -2.06. The van der Waals surface area contributed by atoms with Crippen LogP contribution in [-0.2, 0) is 16.0 Å². The van der Waals surface area contributed by atoms with Crippen LogP contribution in [0, 0.1) is 6.92 Å². The highest BCUT2D eigenvalue weighted by molar-refractivity contribution is 6.38. The van der Waals surface area contributed by atoms with Crippen molar-refractivity contribution in [2.24, 2.45) is 0 Å². The van der Waals surface area contributed by atoms with Gasteiger partial charge in [-0.3, -0.25) is 4.79 Å². The molecular formula is C14H16Cl2N2O2. The van der Waals surface area contributed by atoms with Gasteiger partial charge in [-0.25, -0.2) is 0 Å². The molecule has 0 aliphatic carbocycles. The molecule has 2 rings (SSSR count). The van der Waals surface area contributed by atoms with Gasteiger partial charge in [0.15, 0.2) is 0 Å². The molecule has 1 amide bonds. The monoisotopic (exact) mass is 314 g/mol. The second-order valence-corrected chi connectivity index (χ2v) is 5.42. The van der Waals surface area contributed by atoms with Gasteiger partial charge in [-0.1, -0.05) is 23.2 Å². The van der Waals surface area contributed by atoms with Crippen molar-refractivity contribution in [3.63, 3.8) is 0 Å². The Hall–Kier alpha value is -1.23. The fourth-order valence-corrected chi connectivity index (χ4v) is 2.87. The van der Waals surface area contributed by atoms with Crippen molar-refractivity contribution in [2.75, 3.05) is 20.3 Å². The zero-order chi connectivity index (χ0) is 14.7. The molecule has 20 heavy (non-hydrogen) atoms. The fraction of sp³-hybridized carbons (Fsp3) is 0.357. The Labute approximate surface area is 127 Å². The maximum absolute atomic E-state index is 11.3. The number of aryl methyl sites for hydroxylation is 1. The predicted octanol–water partition coefficient (Wildman–Crippen LogP) is 3.09. The van der Waals surface area contributed by atoms with Crippen molar-refractivity contribution in [2.45, 2.75) is 13.3 Å². The molecule has 2 N–H and O–H groups in total. The van der Waals surface area contributed by atoms with E-state index < -0.39 is 0 Å². The summed E-state index contributed by atoms with van der Waals surface area (Å²) in [6.45, 7) is 2.59. The molecule has 0 bridgehead atoms. The minimum atomic E-state index is -0.126. The Morgan fingerprint density at radius 2 is 2.15 bits per heavy atom. The molecule has 4 nitrogen and oxygen atoms in total. The largest absolute Gasteiger partial charge is 0.375 e. The number of benzene rings is 1. The number of halogens is 2. The molecule has 0 aliphatic rings. The first kappa shape index (κ1) is 15.2. The van der Waals surface area contributed by atoms with Crippen LogP contribution in [0.25, 0.3) is 10.9 Å². The van der Waals surface area contributed by atoms with E-state index in [0.717, 1.165) is 22.2 Å². The lowest BCUT2D eigenvalue weighted by molar-refractivity contribution is -0.124. The van der Waals surface area contributed by atoms with Crippen molar-refractivity contribution >= 4 is 40.0 Å². The normalized spacial score (nSPS) is 11.0. The topological polar surface area (TPSA) is 54.1 Å². The van der Waals surface area contributed by atoms with Gasteiger partial charge >= 0.3 is 0 Å². The predicted molar refractivity (Wildman–Crippen MR) is 81.6 cm³/mol. The third kappa shape index (κ3) is 3.26. The second-order valence-electron chi connectivity index (χ2n) is 4.57. The lowest BCUT2D eigenvalue weighted by atomic mass is 10.1. The number of amides is 1. The number of aromatic nitrogens is 1. The average molecular weight is 315 g/mol. The standard InChI is InChI=1S/C14H16Cl2N2O2/c1-8-10(3-4-17-13(19)7-20-2)14-11(16)5-9(15)6-12(14)18-8/h5-6,18H,3-4,7H2,1-2H3,(H,17,19). The van der Waals surface area contributed by atoms with Gasteiger partial charge in [-0.15, -0.1) is 0 Å². The van der Waals surface area contributed by atoms with E-state index in [0.29, 0.717) is 23.0 Å². The van der Waals surface area contributed by atoms with Gasteiger partial charge in [0.2, 0.25) is 5.91 Å². The number of ether oxygens (including phenoxy) is 1. The molecule has 0 saturated heterocycles. The van der Waals surface area contributed by atoms with Gasteiger partial charge in [-0.2, -0.15) is 0 Å². The van der Waals surface area contributed by atoms with Crippen molar-refractivity contribution in [3.8, 4) is 0 Å². The quantitative estimate of drug-likeness (QED) is 0.891. The van der Waals surface area contributed by atoms with E-state index in [1.54, 1.807) is 6.07 Å². The highest BCUT2D eigenvalue weighted by Crippen LogP contribution is 2.32. The van der Waals surface area contributed by atoms with Crippen LogP contribution in [0.15, 0.2) is 12.1 Å². The number of carbonyl (C=O) groups excluding carboxylic acids is 1. The van der Waals surface area contributed by atoms with Crippen LogP contribution in [0.4, 0.5) is 0 Å². The number of H-pyrrole nitrogens is 1. The molecule has 0 spiro atoms. The van der Waals surface area contributed by atoms with E-state index in [-0.39, 0.29) is 12.5 Å². The van der Waals surface area contributed by atoms with Crippen molar-refractivity contribution in [1.29, 1.82) is 0 Å². The minimum Gasteiger partial charge on any atom is -0.375 e. The maximum atomic E-state index is 11.3. The zero-order valence-corrected chi connectivity index (χ0v) is 12.9. The fourth-order valence-electron chi connectivity index (χ4n) is 2.27. The molecule has 0 unspecified atom stereocenters. The summed E-state index contributed by atoms with van der Waals surface area (Å²) < 4.78 is 4.76. The molecule has 0 fully saturated rings. The number of methoxy groups -OCH3 is 1. The summed E-state index contributed by atoms with van der Waals surface area (Å²) in [4.78, 5) is 14.6. The highest BCUT2D eigenvalue weighted by Gasteiger charge is 2.12. The first-order chi connectivity index (χ1) is 9.52. The Kier molecular flexibility index (Phi) is 4.91. The second kappa shape index (κ2) is 6.48. The van der Waals surface area contributed by atoms with Crippen LogP contribution >= 0.6 is 23.2 Å². The molecule has 2 aromatic rings. The summed E-state index contributed by atoms with van der Waals surface area (Å²) >= 11 is 12.3. The Bertz CT molecular complexity index is 638. The van der Waals surface area contributed by atoms with Crippen molar-refractivity contribution in [3.05, 3.63) is 33.4 Å². The van der Waals surface area contributed by atoms with E-state index in [1.807, 2.05) is 13.0 Å². The summed E-state index contributed by atoms with van der Waals surface area (Å²) in [6.07, 6.45) is 0.697. The van der Waals surface area contributed by atoms with Crippen LogP contribution in [0.1, 0.15) is 11.3 Å². The molecule has 1 aromatic heterocycles. The molecule has 1 heterocycles. The number of hydrogen-bond acceptors (Lipinski definition) is 2. The SMILES string of the molecule is COCC(=O)NCCc1c(C)[nH]c2cc(Cl)cc(Cl)c12. The van der Waals surface area contributed by atoms with Gasteiger partial charge in [0, 0.05) is 35.3 Å². The van der Waals surface area contributed by atoms with Gasteiger partial charge in [0.25, 0.3) is 0 Å². The summed E-state index contributed by atoms with van der Waals surface area (Å²) in [6, 6.07) is 3.58. The third-order valence-electron chi connectivity index (χ3n) is 3.10. The van der Waals surface area contributed by atoms with Crippen LogP contribution in [0.3, 0.4) is 0 Å². The number of hydrogen-bond donors (Lipinski definition) is 2. The summed E-state index contributed by atoms with van der Waals surface area (Å²) in [7, 11) is 1.49. The molecule has 0 atom stereocenters. The van der Waals surface area contributed by atoms with E-state index in [4.69, 9.17) is 27.9 Å². The summed E-state index contributed by atoms with van der Waals surface area (Å²) in [5, 5.41) is 4.99. The molecule has 108 valence electrons. The van der Waals surface area contributed by atoms with E-state index in [1.165, 1.54) is 7.11 Å². The molecule has 0 aliphatic heterocycles. The van der Waals surface area contributed by atoms with Crippen LogP contribution < -0.4 is 5.32 Å². The van der Waals surface area contributed by atoms with Crippen LogP contribution in [0.2, 0.25) is 10.0 Å². The van der Waals surface area contributed by atoms with Crippen LogP contribution in [0.5, 0.6) is 0 Å². The average Bonchev–Trinajstić information content (AvgIpc) is 2.66. The number of carbonyl (C=O) groups is 1. The summed E-state index contributed by atoms with van der Waals surface area (Å²) in [5.74, 6) is -0.126. The Balaban J connectivity index is 2.18. The third-order valence-corrected chi connectivity index (χ3v) is 3.62. The molecular weight excluding hydrogens is 299 g/mol. The minimum absolute atomic E-state index is 0.0726. The first-order valence-corrected chi connectivity index (χ1v) is 7.00. The van der Waals surface area contributed by atoms with E-state index >= 15 is 0 Å². The van der Waals surface area contributed by atoms with Gasteiger partial charge < -0.3 is 15.0 Å². The van der Waals surface area contributed by atoms with Gasteiger partial charge in [0.05, 0.1) is 5.02 Å². The number of fused-ring (bicyclic) bond motifs is 1. The maximum Gasteiger partial charge on any atom is 0.245 e. The number of rotatable bonds is 5. The van der Waals surface area contributed by atoms with Gasteiger partial charge in [-0.05, 0) is 31.0 Å². The molecule has 0 radical (unpaired) electrons. The van der Waals surface area contributed by atoms with E-state index in [9.17, 15) is 4.79 Å². The first-order valence-electron chi connectivity index (χ1n) is 6.24. The van der Waals surface area contributed by atoms with Crippen LogP contribution in [-0.4, -0.2) is 31.2 Å². The van der Waals surface area contributed by atoms with Gasteiger partial charge in [0.1, 0.15) is 6.61 Å². The molecule has 6 heteroatoms.